The van der Waals surface area contributed by atoms with Gasteiger partial charge < -0.3 is 28.2 Å². The van der Waals surface area contributed by atoms with Crippen LogP contribution >= 0.6 is 0 Å². The van der Waals surface area contributed by atoms with Gasteiger partial charge in [-0.3, -0.25) is 0 Å². The number of ether oxygens (including phenoxy) is 1. The van der Waals surface area contributed by atoms with Crippen molar-refractivity contribution in [2.75, 3.05) is 19.8 Å². The maximum Gasteiger partial charge on any atom is 0.192 e. The molecule has 244 valence electrons. The fourth-order valence-electron chi connectivity index (χ4n) is 5.17. The standard InChI is InChI=1S/C32H68O6Si3/c1-17-25(22-35-39(13,14)30(6,7)8)27(34)26(23-36-40(15,16)31(9,10)11)29(38-41(18-2,19-3)20-4)32(12)28(37-32)24(5)21-33/h17,24-29,33-34H,1,18-23H2,2-16H3/t24-,25-,26-,27+,28+,29-,32-/m0/s1. The maximum atomic E-state index is 12.3. The third kappa shape index (κ3) is 9.33. The van der Waals surface area contributed by atoms with Crippen molar-refractivity contribution in [1.29, 1.82) is 0 Å². The lowest BCUT2D eigenvalue weighted by Crippen LogP contribution is -2.56. The molecule has 1 rings (SSSR count). The van der Waals surface area contributed by atoms with Crippen LogP contribution in [0.4, 0.5) is 0 Å². The Labute approximate surface area is 257 Å². The lowest BCUT2D eigenvalue weighted by Gasteiger charge is -2.44. The Morgan fingerprint density at radius 2 is 1.34 bits per heavy atom. The average Bonchev–Trinajstić information content (AvgIpc) is 3.57. The Bertz CT molecular complexity index is 809. The molecule has 9 heteroatoms. The first-order valence-corrected chi connectivity index (χ1v) is 24.4. The molecule has 0 aromatic carbocycles. The molecule has 0 aromatic rings. The molecule has 1 heterocycles. The van der Waals surface area contributed by atoms with Crippen molar-refractivity contribution in [3.63, 3.8) is 0 Å². The number of hydrogen-bond donors (Lipinski definition) is 2. The van der Waals surface area contributed by atoms with Crippen molar-refractivity contribution in [3.05, 3.63) is 12.7 Å². The minimum Gasteiger partial charge on any atom is -0.416 e. The Hall–Kier alpha value is 0.151. The normalized spacial score (nSPS) is 24.5. The fraction of sp³-hybridized carbons (Fsp3) is 0.938. The summed E-state index contributed by atoms with van der Waals surface area (Å²) >= 11 is 0. The third-order valence-corrected chi connectivity index (χ3v) is 24.6. The van der Waals surface area contributed by atoms with E-state index in [4.69, 9.17) is 18.0 Å². The van der Waals surface area contributed by atoms with E-state index in [-0.39, 0.29) is 46.6 Å². The molecule has 2 N–H and O–H groups in total. The van der Waals surface area contributed by atoms with E-state index in [1.807, 2.05) is 13.0 Å². The predicted molar refractivity (Wildman–Crippen MR) is 181 cm³/mol. The average molecular weight is 633 g/mol. The summed E-state index contributed by atoms with van der Waals surface area (Å²) in [5, 5.41) is 22.4. The van der Waals surface area contributed by atoms with E-state index >= 15 is 0 Å². The van der Waals surface area contributed by atoms with Crippen molar-refractivity contribution < 1.29 is 28.2 Å². The van der Waals surface area contributed by atoms with Crippen LogP contribution in [0.2, 0.25) is 54.4 Å². The molecule has 0 aliphatic carbocycles. The van der Waals surface area contributed by atoms with Gasteiger partial charge in [-0.05, 0) is 61.3 Å². The van der Waals surface area contributed by atoms with Crippen LogP contribution in [0, 0.1) is 17.8 Å². The Morgan fingerprint density at radius 3 is 1.71 bits per heavy atom. The van der Waals surface area contributed by atoms with Gasteiger partial charge in [0.2, 0.25) is 0 Å². The van der Waals surface area contributed by atoms with Gasteiger partial charge in [-0.15, -0.1) is 6.58 Å². The minimum atomic E-state index is -2.13. The molecule has 1 aliphatic heterocycles. The molecule has 0 unspecified atom stereocenters. The van der Waals surface area contributed by atoms with Gasteiger partial charge >= 0.3 is 0 Å². The van der Waals surface area contributed by atoms with Crippen LogP contribution < -0.4 is 0 Å². The molecule has 0 bridgehead atoms. The third-order valence-electron chi connectivity index (χ3n) is 11.0. The van der Waals surface area contributed by atoms with Gasteiger partial charge in [0.05, 0.1) is 18.3 Å². The largest absolute Gasteiger partial charge is 0.416 e. The second kappa shape index (κ2) is 14.5. The van der Waals surface area contributed by atoms with Crippen LogP contribution in [-0.2, 0) is 18.0 Å². The first-order chi connectivity index (χ1) is 18.5. The zero-order chi connectivity index (χ0) is 32.2. The van der Waals surface area contributed by atoms with Crippen molar-refractivity contribution >= 4 is 25.0 Å². The van der Waals surface area contributed by atoms with Crippen molar-refractivity contribution in [3.8, 4) is 0 Å². The number of rotatable bonds is 18. The van der Waals surface area contributed by atoms with E-state index in [0.717, 1.165) is 18.1 Å². The van der Waals surface area contributed by atoms with Crippen LogP contribution in [0.3, 0.4) is 0 Å². The predicted octanol–water partition coefficient (Wildman–Crippen LogP) is 7.99. The minimum absolute atomic E-state index is 0.0248. The van der Waals surface area contributed by atoms with E-state index in [1.54, 1.807) is 0 Å². The molecule has 0 aromatic heterocycles. The summed E-state index contributed by atoms with van der Waals surface area (Å²) in [5.74, 6) is -0.643. The zero-order valence-corrected chi connectivity index (χ0v) is 32.5. The molecule has 1 aliphatic rings. The van der Waals surface area contributed by atoms with Gasteiger partial charge in [0.15, 0.2) is 25.0 Å². The van der Waals surface area contributed by atoms with Gasteiger partial charge in [-0.1, -0.05) is 75.3 Å². The Morgan fingerprint density at radius 1 is 0.902 bits per heavy atom. The van der Waals surface area contributed by atoms with Crippen LogP contribution in [0.15, 0.2) is 12.7 Å². The number of hydrogen-bond acceptors (Lipinski definition) is 6. The summed E-state index contributed by atoms with van der Waals surface area (Å²) in [7, 11) is -6.28. The van der Waals surface area contributed by atoms with Gasteiger partial charge in [-0.2, -0.15) is 0 Å². The quantitative estimate of drug-likeness (QED) is 0.0906. The van der Waals surface area contributed by atoms with E-state index in [1.165, 1.54) is 0 Å². The first kappa shape index (κ1) is 39.2. The highest BCUT2D eigenvalue weighted by molar-refractivity contribution is 6.74. The van der Waals surface area contributed by atoms with Crippen molar-refractivity contribution in [1.82, 2.24) is 0 Å². The maximum absolute atomic E-state index is 12.3. The number of aliphatic hydroxyl groups excluding tert-OH is 2. The topological polar surface area (TPSA) is 80.7 Å². The zero-order valence-electron chi connectivity index (χ0n) is 29.5. The lowest BCUT2D eigenvalue weighted by atomic mass is 9.80. The van der Waals surface area contributed by atoms with Crippen molar-refractivity contribution in [2.24, 2.45) is 17.8 Å². The summed E-state index contributed by atoms with van der Waals surface area (Å²) in [5.41, 5.74) is -0.617. The summed E-state index contributed by atoms with van der Waals surface area (Å²) in [6, 6.07) is 2.99. The summed E-state index contributed by atoms with van der Waals surface area (Å²) in [4.78, 5) is 0. The van der Waals surface area contributed by atoms with Gasteiger partial charge in [0.1, 0.15) is 5.60 Å². The highest BCUT2D eigenvalue weighted by Gasteiger charge is 2.64. The van der Waals surface area contributed by atoms with E-state index in [2.05, 4.69) is 102 Å². The second-order valence-corrected chi connectivity index (χ2v) is 30.2. The Balaban J connectivity index is 3.62. The van der Waals surface area contributed by atoms with Crippen LogP contribution in [-0.4, -0.2) is 78.9 Å². The summed E-state index contributed by atoms with van der Waals surface area (Å²) < 4.78 is 27.2. The molecule has 7 atom stereocenters. The molecular formula is C32H68O6Si3. The lowest BCUT2D eigenvalue weighted by molar-refractivity contribution is -0.0583. The van der Waals surface area contributed by atoms with Gasteiger partial charge in [-0.25, -0.2) is 0 Å². The summed E-state index contributed by atoms with van der Waals surface area (Å²) in [6.45, 7) is 38.2. The number of epoxide rings is 1. The van der Waals surface area contributed by atoms with Crippen LogP contribution in [0.1, 0.15) is 76.2 Å². The Kier molecular flexibility index (Phi) is 13.9. The second-order valence-electron chi connectivity index (χ2n) is 15.9. The molecule has 0 radical (unpaired) electrons. The van der Waals surface area contributed by atoms with Gasteiger partial charge in [0.25, 0.3) is 0 Å². The van der Waals surface area contributed by atoms with E-state index < -0.39 is 36.7 Å². The monoisotopic (exact) mass is 632 g/mol. The molecule has 0 saturated carbocycles. The summed E-state index contributed by atoms with van der Waals surface area (Å²) in [6.07, 6.45) is 0.559. The van der Waals surface area contributed by atoms with E-state index in [9.17, 15) is 10.2 Å². The van der Waals surface area contributed by atoms with Crippen LogP contribution in [0.25, 0.3) is 0 Å². The molecular weight excluding hydrogens is 565 g/mol. The molecule has 1 fully saturated rings. The van der Waals surface area contributed by atoms with Gasteiger partial charge in [0, 0.05) is 37.6 Å². The fourth-order valence-corrected chi connectivity index (χ4v) is 10.2. The molecule has 1 saturated heterocycles. The van der Waals surface area contributed by atoms with Crippen molar-refractivity contribution in [2.45, 2.75) is 154 Å². The van der Waals surface area contributed by atoms with E-state index in [0.29, 0.717) is 13.2 Å². The first-order valence-electron chi connectivity index (χ1n) is 16.1. The molecule has 6 nitrogen and oxygen atoms in total. The molecule has 0 amide bonds. The number of aliphatic hydroxyl groups is 2. The molecule has 0 spiro atoms. The SMILES string of the molecule is C=C[C@@H](CO[Si](C)(C)C(C)(C)C)[C@@H](O)[C@H](CO[Si](C)(C)C(C)(C)C)[C@H](O[Si](CC)(CC)CC)[C@@]1(C)O[C@@H]1[C@@H](C)CO. The van der Waals surface area contributed by atoms with Crippen LogP contribution in [0.5, 0.6) is 0 Å². The highest BCUT2D eigenvalue weighted by Crippen LogP contribution is 2.50. The smallest absolute Gasteiger partial charge is 0.192 e. The highest BCUT2D eigenvalue weighted by atomic mass is 28.4. The molecule has 41 heavy (non-hydrogen) atoms.